The normalized spacial score (nSPS) is 20.8. The zero-order chi connectivity index (χ0) is 28.2. The first-order valence-electron chi connectivity index (χ1n) is 12.7. The third-order valence-electron chi connectivity index (χ3n) is 8.37. The van der Waals surface area contributed by atoms with Gasteiger partial charge in [0, 0.05) is 35.4 Å². The number of anilines is 1. The summed E-state index contributed by atoms with van der Waals surface area (Å²) < 4.78 is 94.3. The maximum Gasteiger partial charge on any atom is 0.222 e. The molecule has 38 heavy (non-hydrogen) atoms. The summed E-state index contributed by atoms with van der Waals surface area (Å²) in [7, 11) is 0. The van der Waals surface area contributed by atoms with Gasteiger partial charge in [0.25, 0.3) is 0 Å². The SMILES string of the molecule is CCCCC1(C(C)C(C)C)n2ncnc2NC(C)(C)C1(c1c(F)cc(F)cc1F)c1c(F)cc(F)cc1F. The lowest BCUT2D eigenvalue weighted by Crippen LogP contribution is -2.73. The van der Waals surface area contributed by atoms with E-state index in [9.17, 15) is 8.78 Å². The van der Waals surface area contributed by atoms with Crippen molar-refractivity contribution in [2.75, 3.05) is 5.32 Å². The van der Waals surface area contributed by atoms with Gasteiger partial charge >= 0.3 is 0 Å². The lowest BCUT2D eigenvalue weighted by Gasteiger charge is -2.64. The largest absolute Gasteiger partial charge is 0.348 e. The average Bonchev–Trinajstić information content (AvgIpc) is 3.25. The Balaban J connectivity index is 2.39. The van der Waals surface area contributed by atoms with E-state index < -0.39 is 68.4 Å². The van der Waals surface area contributed by atoms with Gasteiger partial charge in [-0.25, -0.2) is 31.0 Å². The van der Waals surface area contributed by atoms with Gasteiger partial charge in [0.05, 0.1) is 16.5 Å². The number of nitrogens with zero attached hydrogens (tertiary/aromatic N) is 3. The van der Waals surface area contributed by atoms with Crippen LogP contribution in [0.4, 0.5) is 32.3 Å². The van der Waals surface area contributed by atoms with Crippen LogP contribution in [-0.4, -0.2) is 20.3 Å². The van der Waals surface area contributed by atoms with Gasteiger partial charge in [0.2, 0.25) is 5.95 Å². The lowest BCUT2D eigenvalue weighted by molar-refractivity contribution is -0.0168. The number of rotatable bonds is 7. The van der Waals surface area contributed by atoms with E-state index in [1.165, 1.54) is 11.0 Å². The molecule has 0 amide bonds. The van der Waals surface area contributed by atoms with E-state index in [1.54, 1.807) is 13.8 Å². The maximum absolute atomic E-state index is 16.1. The van der Waals surface area contributed by atoms with Crippen molar-refractivity contribution in [2.45, 2.75) is 77.3 Å². The Morgan fingerprint density at radius 1 is 0.842 bits per heavy atom. The van der Waals surface area contributed by atoms with E-state index in [1.807, 2.05) is 27.7 Å². The molecule has 4 rings (SSSR count). The van der Waals surface area contributed by atoms with Gasteiger partial charge in [-0.1, -0.05) is 40.5 Å². The van der Waals surface area contributed by atoms with Gasteiger partial charge in [-0.3, -0.25) is 0 Å². The Labute approximate surface area is 218 Å². The number of fused-ring (bicyclic) bond motifs is 1. The number of benzene rings is 2. The zero-order valence-corrected chi connectivity index (χ0v) is 22.3. The highest BCUT2D eigenvalue weighted by Gasteiger charge is 2.71. The van der Waals surface area contributed by atoms with Gasteiger partial charge in [0.15, 0.2) is 0 Å². The molecular formula is C28H32F6N4. The Morgan fingerprint density at radius 2 is 1.32 bits per heavy atom. The van der Waals surface area contributed by atoms with Crippen molar-refractivity contribution < 1.29 is 26.3 Å². The van der Waals surface area contributed by atoms with Crippen LogP contribution >= 0.6 is 0 Å². The molecule has 2 unspecified atom stereocenters. The number of aromatic nitrogens is 3. The molecule has 2 heterocycles. The fourth-order valence-electron chi connectivity index (χ4n) is 6.73. The smallest absolute Gasteiger partial charge is 0.222 e. The van der Waals surface area contributed by atoms with E-state index in [4.69, 9.17) is 0 Å². The molecule has 4 nitrogen and oxygen atoms in total. The van der Waals surface area contributed by atoms with E-state index in [0.717, 1.165) is 0 Å². The van der Waals surface area contributed by atoms with Crippen molar-refractivity contribution in [2.24, 2.45) is 11.8 Å². The second-order valence-electron chi connectivity index (χ2n) is 11.0. The van der Waals surface area contributed by atoms with E-state index in [2.05, 4.69) is 15.4 Å². The monoisotopic (exact) mass is 538 g/mol. The standard InChI is InChI=1S/C28H32F6N4/c1-7-8-9-27(16(4)15(2)3)28(23-19(31)10-17(29)11-20(23)32,24-21(33)12-18(30)13-22(24)34)26(5,6)37-25-35-14-36-38(25)27/h10-16H,7-9H2,1-6H3,(H,35,36,37). The first kappa shape index (κ1) is 28.0. The van der Waals surface area contributed by atoms with Crippen LogP contribution in [0.1, 0.15) is 71.9 Å². The Bertz CT molecular complexity index is 1250. The minimum absolute atomic E-state index is 0.177. The van der Waals surface area contributed by atoms with E-state index >= 15 is 17.6 Å². The molecule has 0 radical (unpaired) electrons. The van der Waals surface area contributed by atoms with Crippen molar-refractivity contribution in [3.8, 4) is 0 Å². The molecule has 0 saturated carbocycles. The van der Waals surface area contributed by atoms with Crippen LogP contribution < -0.4 is 5.32 Å². The van der Waals surface area contributed by atoms with Crippen molar-refractivity contribution >= 4 is 5.95 Å². The topological polar surface area (TPSA) is 42.7 Å². The lowest BCUT2D eigenvalue weighted by atomic mass is 9.46. The third kappa shape index (κ3) is 3.73. The molecule has 1 aliphatic heterocycles. The Kier molecular flexibility index (Phi) is 7.08. The second kappa shape index (κ2) is 9.61. The number of nitrogens with one attached hydrogen (secondary N) is 1. The van der Waals surface area contributed by atoms with Crippen LogP contribution in [0.2, 0.25) is 0 Å². The summed E-state index contributed by atoms with van der Waals surface area (Å²) in [6.45, 7) is 10.7. The molecule has 0 saturated heterocycles. The van der Waals surface area contributed by atoms with Crippen LogP contribution in [0.15, 0.2) is 30.6 Å². The second-order valence-corrected chi connectivity index (χ2v) is 11.0. The quantitative estimate of drug-likeness (QED) is 0.317. The minimum Gasteiger partial charge on any atom is -0.348 e. The molecule has 206 valence electrons. The van der Waals surface area contributed by atoms with Crippen molar-refractivity contribution in [3.05, 3.63) is 76.6 Å². The summed E-state index contributed by atoms with van der Waals surface area (Å²) in [6.07, 6.45) is 2.57. The number of hydrogen-bond acceptors (Lipinski definition) is 3. The molecule has 0 bridgehead atoms. The molecule has 1 aliphatic rings. The van der Waals surface area contributed by atoms with Crippen LogP contribution in [0.5, 0.6) is 0 Å². The summed E-state index contributed by atoms with van der Waals surface area (Å²) in [5.74, 6) is -8.10. The highest BCUT2D eigenvalue weighted by atomic mass is 19.2. The summed E-state index contributed by atoms with van der Waals surface area (Å²) in [5, 5.41) is 7.54. The predicted molar refractivity (Wildman–Crippen MR) is 133 cm³/mol. The molecule has 0 spiro atoms. The highest BCUT2D eigenvalue weighted by Crippen LogP contribution is 2.64. The summed E-state index contributed by atoms with van der Waals surface area (Å²) in [4.78, 5) is 4.31. The molecule has 2 aromatic carbocycles. The summed E-state index contributed by atoms with van der Waals surface area (Å²) >= 11 is 0. The molecule has 1 aromatic heterocycles. The fourth-order valence-corrected chi connectivity index (χ4v) is 6.73. The number of hydrogen-bond donors (Lipinski definition) is 1. The summed E-state index contributed by atoms with van der Waals surface area (Å²) in [5.41, 5.74) is -6.82. The molecular weight excluding hydrogens is 506 g/mol. The number of halogens is 6. The molecule has 0 aliphatic carbocycles. The van der Waals surface area contributed by atoms with Crippen molar-refractivity contribution in [1.29, 1.82) is 0 Å². The average molecular weight is 539 g/mol. The van der Waals surface area contributed by atoms with Gasteiger partial charge in [-0.05, 0) is 32.1 Å². The first-order valence-corrected chi connectivity index (χ1v) is 12.7. The van der Waals surface area contributed by atoms with Crippen LogP contribution in [0.25, 0.3) is 0 Å². The molecule has 3 aromatic rings. The van der Waals surface area contributed by atoms with Crippen molar-refractivity contribution in [1.82, 2.24) is 14.8 Å². The van der Waals surface area contributed by atoms with Crippen molar-refractivity contribution in [3.63, 3.8) is 0 Å². The first-order chi connectivity index (χ1) is 17.8. The van der Waals surface area contributed by atoms with Gasteiger partial charge in [-0.2, -0.15) is 10.1 Å². The Hall–Kier alpha value is -3.04. The van der Waals surface area contributed by atoms with Crippen LogP contribution in [-0.2, 0) is 11.0 Å². The van der Waals surface area contributed by atoms with Gasteiger partial charge < -0.3 is 5.32 Å². The maximum atomic E-state index is 16.1. The molecule has 0 fully saturated rings. The predicted octanol–water partition coefficient (Wildman–Crippen LogP) is 7.48. The van der Waals surface area contributed by atoms with E-state index in [0.29, 0.717) is 37.1 Å². The third-order valence-corrected chi connectivity index (χ3v) is 8.37. The van der Waals surface area contributed by atoms with Gasteiger partial charge in [0.1, 0.15) is 41.2 Å². The zero-order valence-electron chi connectivity index (χ0n) is 22.3. The summed E-state index contributed by atoms with van der Waals surface area (Å²) in [6, 6.07) is 1.99. The van der Waals surface area contributed by atoms with Gasteiger partial charge in [-0.15, -0.1) is 0 Å². The molecule has 1 N–H and O–H groups in total. The molecule has 2 atom stereocenters. The fraction of sp³-hybridized carbons (Fsp3) is 0.500. The van der Waals surface area contributed by atoms with E-state index in [-0.39, 0.29) is 18.3 Å². The van der Waals surface area contributed by atoms with Crippen LogP contribution in [0, 0.1) is 46.7 Å². The minimum atomic E-state index is -2.25. The number of unbranched alkanes of at least 4 members (excludes halogenated alkanes) is 1. The Morgan fingerprint density at radius 3 is 1.74 bits per heavy atom. The highest BCUT2D eigenvalue weighted by molar-refractivity contribution is 5.57. The van der Waals surface area contributed by atoms with Crippen LogP contribution in [0.3, 0.4) is 0 Å². The molecule has 10 heteroatoms.